The predicted molar refractivity (Wildman–Crippen MR) is 382 cm³/mol. The molecule has 0 amide bonds. The summed E-state index contributed by atoms with van der Waals surface area (Å²) in [4.78, 5) is 0. The Kier molecular flexibility index (Phi) is 12.6. The van der Waals surface area contributed by atoms with E-state index in [0.29, 0.717) is 0 Å². The van der Waals surface area contributed by atoms with Crippen LogP contribution in [0.2, 0.25) is 0 Å². The first-order chi connectivity index (χ1) is 44.2. The lowest BCUT2D eigenvalue weighted by atomic mass is 10.0. The van der Waals surface area contributed by atoms with Gasteiger partial charge in [-0.05, 0) is 113 Å². The van der Waals surface area contributed by atoms with Gasteiger partial charge in [-0.2, -0.15) is 0 Å². The Hall–Kier alpha value is -11.1. The molecule has 0 aliphatic rings. The van der Waals surface area contributed by atoms with Gasteiger partial charge in [0.15, 0.2) is 16.1 Å². The third-order valence-electron chi connectivity index (χ3n) is 18.9. The van der Waals surface area contributed by atoms with Crippen LogP contribution in [-0.4, -0.2) is 29.8 Å². The predicted octanol–water partition coefficient (Wildman–Crippen LogP) is 15.4. The van der Waals surface area contributed by atoms with Crippen LogP contribution in [0.4, 0.5) is 0 Å². The van der Waals surface area contributed by atoms with Crippen LogP contribution < -0.4 is 41.5 Å². The molecule has 5 heteroatoms. The van der Waals surface area contributed by atoms with E-state index in [-0.39, 0.29) is 0 Å². The van der Waals surface area contributed by atoms with Crippen molar-refractivity contribution in [1.29, 1.82) is 0 Å². The molecule has 0 aliphatic carbocycles. The average molecular weight is 1170 g/mol. The summed E-state index contributed by atoms with van der Waals surface area (Å²) in [6, 6.07) is 134. The highest BCUT2D eigenvalue weighted by molar-refractivity contribution is 7.21. The van der Waals surface area contributed by atoms with Crippen molar-refractivity contribution in [3.63, 3.8) is 0 Å². The molecule has 0 atom stereocenters. The minimum Gasteiger partial charge on any atom is -0.309 e. The SMILES string of the molecule is c1ccc([Si](c2ccccc2)(c2ccccc2)c2ccc([Si](c3ccccc3)(c3ccccc3)c3ccc(-c4ccc5c(c4)c4ccccc4n5-c4cc(-n5c6ccccc6c6ccccc65)cc(-n5c6ccccc6c6ccccc65)c4)cc3)cc2)cc1. The maximum Gasteiger partial charge on any atom is 0.179 e. The van der Waals surface area contributed by atoms with Crippen molar-refractivity contribution in [1.82, 2.24) is 13.7 Å². The fourth-order valence-electron chi connectivity index (χ4n) is 15.1. The summed E-state index contributed by atoms with van der Waals surface area (Å²) in [5.41, 5.74) is 12.7. The topological polar surface area (TPSA) is 14.8 Å². The molecule has 14 aromatic carbocycles. The molecule has 0 saturated heterocycles. The summed E-state index contributed by atoms with van der Waals surface area (Å²) in [6.45, 7) is 0. The summed E-state index contributed by atoms with van der Waals surface area (Å²) in [7, 11) is -5.73. The molecule has 0 radical (unpaired) electrons. The Morgan fingerprint density at radius 2 is 0.371 bits per heavy atom. The highest BCUT2D eigenvalue weighted by Gasteiger charge is 2.44. The highest BCUT2D eigenvalue weighted by Crippen LogP contribution is 2.40. The molecule has 3 nitrogen and oxygen atoms in total. The van der Waals surface area contributed by atoms with Gasteiger partial charge in [-0.15, -0.1) is 0 Å². The second-order valence-corrected chi connectivity index (χ2v) is 31.1. The molecule has 0 unspecified atom stereocenters. The zero-order valence-corrected chi connectivity index (χ0v) is 50.9. The van der Waals surface area contributed by atoms with Crippen molar-refractivity contribution in [2.45, 2.75) is 0 Å². The monoisotopic (exact) mass is 1170 g/mol. The number of para-hydroxylation sites is 5. The molecule has 418 valence electrons. The van der Waals surface area contributed by atoms with E-state index < -0.39 is 16.1 Å². The molecule has 3 heterocycles. The number of nitrogens with zero attached hydrogens (tertiary/aromatic N) is 3. The molecule has 3 aromatic heterocycles. The van der Waals surface area contributed by atoms with E-state index in [9.17, 15) is 0 Å². The summed E-state index contributed by atoms with van der Waals surface area (Å²) < 4.78 is 7.40. The molecular weight excluding hydrogens is 1110 g/mol. The zero-order chi connectivity index (χ0) is 58.9. The summed E-state index contributed by atoms with van der Waals surface area (Å²) in [5.74, 6) is 0. The first-order valence-corrected chi connectivity index (χ1v) is 34.8. The zero-order valence-electron chi connectivity index (χ0n) is 48.9. The van der Waals surface area contributed by atoms with Gasteiger partial charge < -0.3 is 13.7 Å². The second-order valence-electron chi connectivity index (χ2n) is 23.5. The van der Waals surface area contributed by atoms with E-state index in [2.05, 4.69) is 372 Å². The first-order valence-electron chi connectivity index (χ1n) is 30.8. The molecule has 0 spiro atoms. The van der Waals surface area contributed by atoms with Gasteiger partial charge in [0, 0.05) is 32.3 Å². The number of benzene rings is 14. The number of aromatic nitrogens is 3. The Balaban J connectivity index is 0.829. The number of hydrogen-bond acceptors (Lipinski definition) is 0. The van der Waals surface area contributed by atoms with Gasteiger partial charge >= 0.3 is 0 Å². The average Bonchev–Trinajstić information content (AvgIpc) is 1.94. The standard InChI is InChI=1S/C84H59N3Si2/c1-6-26-65(27-7-1)88(66-28-8-2-9-29-66,67-30-10-3-11-31-67)71-51-53-72(54-52-71)89(68-32-12-4-13-33-68,69-34-14-5-15-35-69)70-49-46-60(47-50-70)61-48-55-84-78(56-61)77-40-20-25-45-83(77)87(84)64-58-62(85-79-41-21-16-36-73(79)74-37-17-22-42-80(74)85)57-63(59-64)86-81-43-23-18-38-75(81)76-39-19-24-44-82(76)86/h1-59H. The lowest BCUT2D eigenvalue weighted by molar-refractivity contribution is 1.10. The maximum absolute atomic E-state index is 2.96. The third-order valence-corrected chi connectivity index (χ3v) is 28.5. The van der Waals surface area contributed by atoms with E-state index in [1.165, 1.54) is 107 Å². The van der Waals surface area contributed by atoms with E-state index in [0.717, 1.165) is 28.1 Å². The summed E-state index contributed by atoms with van der Waals surface area (Å²) in [5, 5.41) is 18.2. The maximum atomic E-state index is 2.49. The highest BCUT2D eigenvalue weighted by atomic mass is 28.3. The minimum atomic E-state index is -2.96. The number of rotatable bonds is 12. The first kappa shape index (κ1) is 52.3. The number of hydrogen-bond donors (Lipinski definition) is 0. The Bertz CT molecular complexity index is 5090. The minimum absolute atomic E-state index is 1.09. The van der Waals surface area contributed by atoms with Crippen molar-refractivity contribution in [3.8, 4) is 28.2 Å². The molecule has 0 bridgehead atoms. The van der Waals surface area contributed by atoms with Crippen LogP contribution in [0.1, 0.15) is 0 Å². The molecule has 89 heavy (non-hydrogen) atoms. The smallest absolute Gasteiger partial charge is 0.179 e. The van der Waals surface area contributed by atoms with Gasteiger partial charge in [0.2, 0.25) is 0 Å². The summed E-state index contributed by atoms with van der Waals surface area (Å²) in [6.07, 6.45) is 0. The van der Waals surface area contributed by atoms with E-state index >= 15 is 0 Å². The van der Waals surface area contributed by atoms with Crippen LogP contribution in [0.5, 0.6) is 0 Å². The lowest BCUT2D eigenvalue weighted by Gasteiger charge is -2.37. The Morgan fingerprint density at radius 1 is 0.157 bits per heavy atom. The molecule has 17 rings (SSSR count). The Labute approximate surface area is 519 Å². The molecule has 0 saturated carbocycles. The number of fused-ring (bicyclic) bond motifs is 9. The van der Waals surface area contributed by atoms with Crippen LogP contribution in [0.3, 0.4) is 0 Å². The van der Waals surface area contributed by atoms with Gasteiger partial charge in [-0.3, -0.25) is 0 Å². The molecule has 0 aliphatic heterocycles. The molecule has 17 aromatic rings. The second kappa shape index (κ2) is 21.4. The van der Waals surface area contributed by atoms with Gasteiger partial charge in [0.25, 0.3) is 0 Å². The van der Waals surface area contributed by atoms with Crippen molar-refractivity contribution < 1.29 is 0 Å². The van der Waals surface area contributed by atoms with Crippen molar-refractivity contribution in [2.24, 2.45) is 0 Å². The Morgan fingerprint density at radius 3 is 0.663 bits per heavy atom. The molecule has 0 fully saturated rings. The van der Waals surface area contributed by atoms with Crippen LogP contribution >= 0.6 is 0 Å². The van der Waals surface area contributed by atoms with Crippen molar-refractivity contribution in [2.75, 3.05) is 0 Å². The van der Waals surface area contributed by atoms with Gasteiger partial charge in [0.1, 0.15) is 0 Å². The fraction of sp³-hybridized carbons (Fsp3) is 0. The van der Waals surface area contributed by atoms with E-state index in [4.69, 9.17) is 0 Å². The fourth-order valence-corrected chi connectivity index (χ4v) is 24.6. The largest absolute Gasteiger partial charge is 0.309 e. The van der Waals surface area contributed by atoms with E-state index in [1.54, 1.807) is 0 Å². The molecule has 0 N–H and O–H groups in total. The normalized spacial score (nSPS) is 12.0. The van der Waals surface area contributed by atoms with Crippen LogP contribution in [0, 0.1) is 0 Å². The van der Waals surface area contributed by atoms with Crippen LogP contribution in [0.15, 0.2) is 358 Å². The lowest BCUT2D eigenvalue weighted by Crippen LogP contribution is -2.76. The quantitative estimate of drug-likeness (QED) is 0.0855. The van der Waals surface area contributed by atoms with Gasteiger partial charge in [0.05, 0.1) is 50.2 Å². The van der Waals surface area contributed by atoms with Crippen molar-refractivity contribution in [3.05, 3.63) is 358 Å². The summed E-state index contributed by atoms with van der Waals surface area (Å²) >= 11 is 0. The van der Waals surface area contributed by atoms with Crippen LogP contribution in [0.25, 0.3) is 93.6 Å². The molecular formula is C84H59N3Si2. The van der Waals surface area contributed by atoms with Gasteiger partial charge in [-0.25, -0.2) is 0 Å². The van der Waals surface area contributed by atoms with Crippen LogP contribution in [-0.2, 0) is 0 Å². The van der Waals surface area contributed by atoms with Crippen molar-refractivity contribution >= 4 is 123 Å². The van der Waals surface area contributed by atoms with E-state index in [1.807, 2.05) is 0 Å². The van der Waals surface area contributed by atoms with Gasteiger partial charge in [-0.1, -0.05) is 297 Å². The third kappa shape index (κ3) is 8.24.